The number of amides is 2. The van der Waals surface area contributed by atoms with Gasteiger partial charge in [0.25, 0.3) is 0 Å². The van der Waals surface area contributed by atoms with Gasteiger partial charge in [0, 0.05) is 40.3 Å². The Kier molecular flexibility index (Phi) is 6.39. The number of halogens is 1. The van der Waals surface area contributed by atoms with Gasteiger partial charge in [0.2, 0.25) is 0 Å². The summed E-state index contributed by atoms with van der Waals surface area (Å²) in [6, 6.07) is 28.3. The van der Waals surface area contributed by atoms with Crippen LogP contribution in [-0.2, 0) is 13.1 Å². The molecule has 170 valence electrons. The summed E-state index contributed by atoms with van der Waals surface area (Å²) in [7, 11) is 0. The predicted molar refractivity (Wildman–Crippen MR) is 143 cm³/mol. The highest BCUT2D eigenvalue weighted by molar-refractivity contribution is 7.13. The van der Waals surface area contributed by atoms with Gasteiger partial charge in [-0.2, -0.15) is 0 Å². The molecule has 0 spiro atoms. The van der Waals surface area contributed by atoms with E-state index in [1.165, 1.54) is 10.4 Å². The molecule has 2 N–H and O–H groups in total. The number of aryl methyl sites for hydroxylation is 1. The number of carbonyl (C=O) groups excluding carboxylic acids is 1. The molecule has 0 aliphatic carbocycles. The summed E-state index contributed by atoms with van der Waals surface area (Å²) in [5.41, 5.74) is 6.26. The third-order valence-corrected chi connectivity index (χ3v) is 7.15. The van der Waals surface area contributed by atoms with E-state index in [1.54, 1.807) is 17.4 Å². The Hall–Kier alpha value is -3.54. The zero-order chi connectivity index (χ0) is 23.5. The van der Waals surface area contributed by atoms with Gasteiger partial charge in [-0.15, -0.1) is 11.3 Å². The van der Waals surface area contributed by atoms with Crippen LogP contribution in [0, 0.1) is 6.92 Å². The second-order valence-electron chi connectivity index (χ2n) is 8.16. The molecule has 2 aromatic heterocycles. The second kappa shape index (κ2) is 9.75. The molecule has 5 rings (SSSR count). The molecule has 2 heterocycles. The van der Waals surface area contributed by atoms with Crippen LogP contribution in [0.15, 0.2) is 90.3 Å². The van der Waals surface area contributed by atoms with E-state index in [1.807, 2.05) is 31.2 Å². The average Bonchev–Trinajstić information content (AvgIpc) is 3.47. The molecule has 4 nitrogen and oxygen atoms in total. The number of thiophene rings is 1. The Morgan fingerprint density at radius 2 is 1.76 bits per heavy atom. The van der Waals surface area contributed by atoms with Crippen LogP contribution >= 0.6 is 22.9 Å². The highest BCUT2D eigenvalue weighted by Gasteiger charge is 2.20. The molecule has 0 saturated carbocycles. The van der Waals surface area contributed by atoms with E-state index in [4.69, 9.17) is 11.6 Å². The van der Waals surface area contributed by atoms with Crippen molar-refractivity contribution in [2.75, 3.05) is 5.32 Å². The van der Waals surface area contributed by atoms with Crippen molar-refractivity contribution in [1.29, 1.82) is 0 Å². The lowest BCUT2D eigenvalue weighted by Gasteiger charge is -2.13. The van der Waals surface area contributed by atoms with Gasteiger partial charge in [0.1, 0.15) is 0 Å². The smallest absolute Gasteiger partial charge is 0.319 e. The largest absolute Gasteiger partial charge is 0.335 e. The summed E-state index contributed by atoms with van der Waals surface area (Å²) in [6.45, 7) is 3.09. The number of para-hydroxylation sites is 1. The number of anilines is 1. The Bertz CT molecular complexity index is 1440. The van der Waals surface area contributed by atoms with Crippen molar-refractivity contribution in [3.05, 3.63) is 112 Å². The Labute approximate surface area is 207 Å². The third kappa shape index (κ3) is 4.58. The first-order chi connectivity index (χ1) is 16.6. The minimum Gasteiger partial charge on any atom is -0.335 e. The first kappa shape index (κ1) is 22.3. The predicted octanol–water partition coefficient (Wildman–Crippen LogP) is 7.70. The van der Waals surface area contributed by atoms with Crippen LogP contribution in [0.5, 0.6) is 0 Å². The van der Waals surface area contributed by atoms with Crippen molar-refractivity contribution in [2.24, 2.45) is 0 Å². The number of nitrogens with zero attached hydrogens (tertiary/aromatic N) is 1. The van der Waals surface area contributed by atoms with E-state index in [-0.39, 0.29) is 6.03 Å². The summed E-state index contributed by atoms with van der Waals surface area (Å²) in [5.74, 6) is 0. The molecule has 0 bridgehead atoms. The van der Waals surface area contributed by atoms with Gasteiger partial charge >= 0.3 is 6.03 Å². The van der Waals surface area contributed by atoms with Gasteiger partial charge in [-0.3, -0.25) is 0 Å². The molecule has 0 atom stereocenters. The molecule has 3 aromatic carbocycles. The highest BCUT2D eigenvalue weighted by atomic mass is 35.5. The number of nitrogens with one attached hydrogen (secondary N) is 2. The first-order valence-corrected chi connectivity index (χ1v) is 12.3. The lowest BCUT2D eigenvalue weighted by molar-refractivity contribution is 0.252. The van der Waals surface area contributed by atoms with Crippen molar-refractivity contribution < 1.29 is 4.79 Å². The van der Waals surface area contributed by atoms with Crippen LogP contribution < -0.4 is 10.6 Å². The van der Waals surface area contributed by atoms with Crippen molar-refractivity contribution in [3.8, 4) is 10.6 Å². The van der Waals surface area contributed by atoms with E-state index in [2.05, 4.69) is 75.2 Å². The number of hydrogen-bond donors (Lipinski definition) is 2. The molecule has 5 aromatic rings. The Morgan fingerprint density at radius 1 is 0.971 bits per heavy atom. The van der Waals surface area contributed by atoms with Crippen LogP contribution in [0.1, 0.15) is 16.7 Å². The SMILES string of the molecule is Cc1ccc(NC(=O)NCc2c(-c3cccs3)n(Cc3ccccc3)c3ccccc23)cc1Cl. The monoisotopic (exact) mass is 485 g/mol. The van der Waals surface area contributed by atoms with E-state index in [0.29, 0.717) is 17.3 Å². The van der Waals surface area contributed by atoms with Gasteiger partial charge in [-0.25, -0.2) is 4.79 Å². The van der Waals surface area contributed by atoms with Gasteiger partial charge in [0.15, 0.2) is 0 Å². The number of benzene rings is 3. The molecule has 34 heavy (non-hydrogen) atoms. The summed E-state index contributed by atoms with van der Waals surface area (Å²) in [6.07, 6.45) is 0. The van der Waals surface area contributed by atoms with E-state index >= 15 is 0 Å². The maximum absolute atomic E-state index is 12.7. The van der Waals surface area contributed by atoms with Crippen molar-refractivity contribution in [1.82, 2.24) is 9.88 Å². The zero-order valence-corrected chi connectivity index (χ0v) is 20.3. The summed E-state index contributed by atoms with van der Waals surface area (Å²) in [4.78, 5) is 13.9. The van der Waals surface area contributed by atoms with Crippen LogP contribution in [0.4, 0.5) is 10.5 Å². The fourth-order valence-corrected chi connectivity index (χ4v) is 5.18. The summed E-state index contributed by atoms with van der Waals surface area (Å²) in [5, 5.41) is 9.80. The van der Waals surface area contributed by atoms with Gasteiger partial charge in [-0.1, -0.05) is 72.3 Å². The number of fused-ring (bicyclic) bond motifs is 1. The second-order valence-corrected chi connectivity index (χ2v) is 9.52. The molecule has 0 saturated heterocycles. The van der Waals surface area contributed by atoms with E-state index < -0.39 is 0 Å². The number of rotatable bonds is 6. The number of carbonyl (C=O) groups is 1. The van der Waals surface area contributed by atoms with Gasteiger partial charge in [-0.05, 0) is 47.7 Å². The Balaban J connectivity index is 1.49. The summed E-state index contributed by atoms with van der Waals surface area (Å²) >= 11 is 7.92. The van der Waals surface area contributed by atoms with Crippen LogP contribution in [0.25, 0.3) is 21.5 Å². The fraction of sp³-hybridized carbons (Fsp3) is 0.107. The van der Waals surface area contributed by atoms with Crippen molar-refractivity contribution in [3.63, 3.8) is 0 Å². The van der Waals surface area contributed by atoms with Crippen molar-refractivity contribution in [2.45, 2.75) is 20.0 Å². The zero-order valence-electron chi connectivity index (χ0n) is 18.7. The van der Waals surface area contributed by atoms with Crippen molar-refractivity contribution >= 4 is 45.6 Å². The molecule has 0 aliphatic heterocycles. The number of hydrogen-bond acceptors (Lipinski definition) is 2. The van der Waals surface area contributed by atoms with Crippen LogP contribution in [-0.4, -0.2) is 10.6 Å². The molecular formula is C28H24ClN3OS. The maximum atomic E-state index is 12.7. The topological polar surface area (TPSA) is 46.1 Å². The molecule has 2 amide bonds. The van der Waals surface area contributed by atoms with E-state index in [0.717, 1.165) is 34.3 Å². The van der Waals surface area contributed by atoms with Gasteiger partial charge < -0.3 is 15.2 Å². The van der Waals surface area contributed by atoms with Gasteiger partial charge in [0.05, 0.1) is 10.6 Å². The quantitative estimate of drug-likeness (QED) is 0.254. The van der Waals surface area contributed by atoms with Crippen LogP contribution in [0.3, 0.4) is 0 Å². The lowest BCUT2D eigenvalue weighted by atomic mass is 10.1. The Morgan fingerprint density at radius 3 is 2.53 bits per heavy atom. The molecule has 0 aliphatic rings. The molecule has 0 radical (unpaired) electrons. The molecule has 6 heteroatoms. The molecule has 0 unspecified atom stereocenters. The third-order valence-electron chi connectivity index (χ3n) is 5.87. The lowest BCUT2D eigenvalue weighted by Crippen LogP contribution is -2.28. The molecule has 0 fully saturated rings. The normalized spacial score (nSPS) is 11.0. The van der Waals surface area contributed by atoms with E-state index in [9.17, 15) is 4.79 Å². The number of urea groups is 1. The van der Waals surface area contributed by atoms with Crippen LogP contribution in [0.2, 0.25) is 5.02 Å². The minimum atomic E-state index is -0.267. The fourth-order valence-electron chi connectivity index (χ4n) is 4.19. The molecular weight excluding hydrogens is 462 g/mol. The summed E-state index contributed by atoms with van der Waals surface area (Å²) < 4.78 is 2.35. The standard InChI is InChI=1S/C28H24ClN3OS/c1-19-13-14-21(16-24(19)29)31-28(33)30-17-23-22-10-5-6-11-25(22)32(18-20-8-3-2-4-9-20)27(23)26-12-7-15-34-26/h2-16H,17-18H2,1H3,(H2,30,31,33). The first-order valence-electron chi connectivity index (χ1n) is 11.1. The minimum absolute atomic E-state index is 0.267. The average molecular weight is 486 g/mol. The maximum Gasteiger partial charge on any atom is 0.319 e. The highest BCUT2D eigenvalue weighted by Crippen LogP contribution is 2.37. The number of aromatic nitrogens is 1.